The second-order valence-electron chi connectivity index (χ2n) is 7.52. The molecule has 1 aliphatic heterocycles. The van der Waals surface area contributed by atoms with E-state index in [4.69, 9.17) is 4.74 Å². The van der Waals surface area contributed by atoms with Gasteiger partial charge in [-0.15, -0.1) is 0 Å². The largest absolute Gasteiger partial charge is 0.378 e. The molecule has 0 spiro atoms. The number of ether oxygens (including phenoxy) is 1. The molecule has 1 saturated heterocycles. The van der Waals surface area contributed by atoms with Gasteiger partial charge in [0.05, 0.1) is 40.8 Å². The Balaban J connectivity index is 1.89. The Labute approximate surface area is 193 Å². The van der Waals surface area contributed by atoms with Gasteiger partial charge in [0.25, 0.3) is 5.69 Å². The van der Waals surface area contributed by atoms with E-state index in [-0.39, 0.29) is 22.9 Å². The molecule has 0 aromatic heterocycles. The van der Waals surface area contributed by atoms with E-state index in [0.717, 1.165) is 0 Å². The van der Waals surface area contributed by atoms with E-state index in [0.29, 0.717) is 56.3 Å². The Morgan fingerprint density at radius 1 is 1.12 bits per heavy atom. The van der Waals surface area contributed by atoms with Crippen molar-refractivity contribution >= 4 is 33.0 Å². The molecule has 3 rings (SSSR count). The third-order valence-electron chi connectivity index (χ3n) is 5.45. The molecular weight excluding hydrogens is 448 g/mol. The lowest BCUT2D eigenvalue weighted by Crippen LogP contribution is -2.37. The zero-order chi connectivity index (χ0) is 24.0. The lowest BCUT2D eigenvalue weighted by molar-refractivity contribution is -0.384. The Bertz CT molecular complexity index is 1090. The minimum absolute atomic E-state index is 0.00638. The highest BCUT2D eigenvalue weighted by Gasteiger charge is 2.25. The lowest BCUT2D eigenvalue weighted by atomic mass is 10.1. The molecule has 1 amide bonds. The molecule has 1 aliphatic rings. The summed E-state index contributed by atoms with van der Waals surface area (Å²) in [5.74, 6) is -0.351. The number of nitrogens with one attached hydrogen (secondary N) is 1. The van der Waals surface area contributed by atoms with Crippen LogP contribution >= 0.6 is 0 Å². The fourth-order valence-electron chi connectivity index (χ4n) is 3.68. The van der Waals surface area contributed by atoms with Crippen molar-refractivity contribution in [1.29, 1.82) is 0 Å². The summed E-state index contributed by atoms with van der Waals surface area (Å²) in [5, 5.41) is 13.7. The molecule has 1 N–H and O–H groups in total. The van der Waals surface area contributed by atoms with Crippen LogP contribution in [-0.2, 0) is 26.0 Å². The Hall–Kier alpha value is -3.02. The third kappa shape index (κ3) is 5.86. The maximum atomic E-state index is 13.0. The van der Waals surface area contributed by atoms with Gasteiger partial charge >= 0.3 is 0 Å². The van der Waals surface area contributed by atoms with E-state index < -0.39 is 14.9 Å². The Morgan fingerprint density at radius 2 is 1.76 bits per heavy atom. The zero-order valence-electron chi connectivity index (χ0n) is 18.7. The maximum absolute atomic E-state index is 13.0. The van der Waals surface area contributed by atoms with Gasteiger partial charge in [-0.1, -0.05) is 26.0 Å². The fraction of sp³-hybridized carbons (Fsp3) is 0.409. The first-order valence-corrected chi connectivity index (χ1v) is 12.2. The highest BCUT2D eigenvalue weighted by atomic mass is 32.2. The molecule has 1 heterocycles. The number of amides is 1. The van der Waals surface area contributed by atoms with Crippen LogP contribution < -0.4 is 10.2 Å². The van der Waals surface area contributed by atoms with Gasteiger partial charge in [-0.05, 0) is 23.8 Å². The van der Waals surface area contributed by atoms with Gasteiger partial charge in [-0.3, -0.25) is 14.9 Å². The number of non-ortho nitro benzene ring substituents is 1. The summed E-state index contributed by atoms with van der Waals surface area (Å²) < 4.78 is 32.8. The smallest absolute Gasteiger partial charge is 0.269 e. The quantitative estimate of drug-likeness (QED) is 0.436. The number of rotatable bonds is 9. The molecule has 2 aromatic carbocycles. The monoisotopic (exact) mass is 476 g/mol. The van der Waals surface area contributed by atoms with Gasteiger partial charge < -0.3 is 15.0 Å². The van der Waals surface area contributed by atoms with Crippen molar-refractivity contribution in [1.82, 2.24) is 4.31 Å². The maximum Gasteiger partial charge on any atom is 0.269 e. The van der Waals surface area contributed by atoms with Gasteiger partial charge in [0, 0.05) is 38.3 Å². The van der Waals surface area contributed by atoms with Crippen molar-refractivity contribution in [3.8, 4) is 0 Å². The number of hydrogen-bond acceptors (Lipinski definition) is 7. The number of nitro groups is 1. The summed E-state index contributed by atoms with van der Waals surface area (Å²) in [5.41, 5.74) is 1.67. The molecule has 0 radical (unpaired) electrons. The lowest BCUT2D eigenvalue weighted by Gasteiger charge is -2.31. The highest BCUT2D eigenvalue weighted by molar-refractivity contribution is 7.89. The summed E-state index contributed by atoms with van der Waals surface area (Å²) in [4.78, 5) is 25.3. The van der Waals surface area contributed by atoms with E-state index in [9.17, 15) is 23.3 Å². The average molecular weight is 477 g/mol. The van der Waals surface area contributed by atoms with E-state index >= 15 is 0 Å². The van der Waals surface area contributed by atoms with E-state index in [1.807, 2.05) is 4.90 Å². The van der Waals surface area contributed by atoms with Crippen molar-refractivity contribution in [2.45, 2.75) is 25.2 Å². The van der Waals surface area contributed by atoms with Crippen LogP contribution in [0, 0.1) is 10.1 Å². The number of carbonyl (C=O) groups excluding carboxylic acids is 1. The minimum atomic E-state index is -3.70. The standard InChI is InChI=1S/C22H28N4O6S/c1-3-25(4-2)33(30,31)19-9-10-21(24-11-13-32-14-12-24)20(16-19)23-22(27)15-17-5-7-18(8-6-17)26(28)29/h5-10,16H,3-4,11-15H2,1-2H3,(H,23,27). The normalized spacial score (nSPS) is 14.3. The summed E-state index contributed by atoms with van der Waals surface area (Å²) in [6.07, 6.45) is -0.00638. The minimum Gasteiger partial charge on any atom is -0.378 e. The molecule has 1 fully saturated rings. The van der Waals surface area contributed by atoms with Crippen molar-refractivity contribution in [3.63, 3.8) is 0 Å². The number of nitrogens with zero attached hydrogens (tertiary/aromatic N) is 3. The van der Waals surface area contributed by atoms with Crippen LogP contribution in [0.25, 0.3) is 0 Å². The van der Waals surface area contributed by atoms with E-state index in [2.05, 4.69) is 5.32 Å². The van der Waals surface area contributed by atoms with Crippen LogP contribution in [0.2, 0.25) is 0 Å². The van der Waals surface area contributed by atoms with Crippen LogP contribution in [0.4, 0.5) is 17.1 Å². The number of nitro benzene ring substituents is 1. The second kappa shape index (κ2) is 10.7. The molecular formula is C22H28N4O6S. The molecule has 11 heteroatoms. The SMILES string of the molecule is CCN(CC)S(=O)(=O)c1ccc(N2CCOCC2)c(NC(=O)Cc2ccc([N+](=O)[O-])cc2)c1. The first-order chi connectivity index (χ1) is 15.8. The molecule has 2 aromatic rings. The Morgan fingerprint density at radius 3 is 2.33 bits per heavy atom. The Kier molecular flexibility index (Phi) is 8.01. The number of morpholine rings is 1. The van der Waals surface area contributed by atoms with Crippen LogP contribution in [0.5, 0.6) is 0 Å². The number of sulfonamides is 1. The number of hydrogen-bond donors (Lipinski definition) is 1. The predicted molar refractivity (Wildman–Crippen MR) is 125 cm³/mol. The molecule has 178 valence electrons. The molecule has 33 heavy (non-hydrogen) atoms. The number of benzene rings is 2. The van der Waals surface area contributed by atoms with Crippen LogP contribution in [0.1, 0.15) is 19.4 Å². The van der Waals surface area contributed by atoms with Crippen molar-refractivity contribution < 1.29 is 22.9 Å². The molecule has 0 atom stereocenters. The zero-order valence-corrected chi connectivity index (χ0v) is 19.5. The summed E-state index contributed by atoms with van der Waals surface area (Å²) >= 11 is 0. The molecule has 0 aliphatic carbocycles. The van der Waals surface area contributed by atoms with Gasteiger partial charge in [-0.2, -0.15) is 4.31 Å². The van der Waals surface area contributed by atoms with Crippen molar-refractivity contribution in [2.75, 3.05) is 49.6 Å². The van der Waals surface area contributed by atoms with Crippen LogP contribution in [0.15, 0.2) is 47.4 Å². The fourth-order valence-corrected chi connectivity index (χ4v) is 5.17. The topological polar surface area (TPSA) is 122 Å². The van der Waals surface area contributed by atoms with Crippen LogP contribution in [0.3, 0.4) is 0 Å². The number of carbonyl (C=O) groups is 1. The van der Waals surface area contributed by atoms with Gasteiger partial charge in [0.1, 0.15) is 0 Å². The van der Waals surface area contributed by atoms with E-state index in [1.54, 1.807) is 26.0 Å². The van der Waals surface area contributed by atoms with Gasteiger partial charge in [0.15, 0.2) is 0 Å². The van der Waals surface area contributed by atoms with Gasteiger partial charge in [0.2, 0.25) is 15.9 Å². The average Bonchev–Trinajstić information content (AvgIpc) is 2.80. The molecule has 0 bridgehead atoms. The second-order valence-corrected chi connectivity index (χ2v) is 9.45. The molecule has 0 saturated carbocycles. The number of anilines is 2. The van der Waals surface area contributed by atoms with Gasteiger partial charge in [-0.25, -0.2) is 8.42 Å². The predicted octanol–water partition coefficient (Wildman–Crippen LogP) is 2.64. The van der Waals surface area contributed by atoms with Crippen LogP contribution in [-0.4, -0.2) is 62.9 Å². The molecule has 0 unspecified atom stereocenters. The molecule has 10 nitrogen and oxygen atoms in total. The highest BCUT2D eigenvalue weighted by Crippen LogP contribution is 2.31. The van der Waals surface area contributed by atoms with Crippen molar-refractivity contribution in [2.24, 2.45) is 0 Å². The first-order valence-electron chi connectivity index (χ1n) is 10.8. The van der Waals surface area contributed by atoms with E-state index in [1.165, 1.54) is 34.6 Å². The van der Waals surface area contributed by atoms with Crippen molar-refractivity contribution in [3.05, 3.63) is 58.1 Å². The summed E-state index contributed by atoms with van der Waals surface area (Å²) in [7, 11) is -3.70. The summed E-state index contributed by atoms with van der Waals surface area (Å²) in [6.45, 7) is 6.54. The summed E-state index contributed by atoms with van der Waals surface area (Å²) in [6, 6.07) is 10.5. The first kappa shape index (κ1) is 24.6. The third-order valence-corrected chi connectivity index (χ3v) is 7.49.